The van der Waals surface area contributed by atoms with E-state index >= 15 is 0 Å². The molecule has 1 aromatic carbocycles. The van der Waals surface area contributed by atoms with Crippen LogP contribution in [-0.2, 0) is 6.42 Å². The summed E-state index contributed by atoms with van der Waals surface area (Å²) in [5.41, 5.74) is 0.945. The number of rotatable bonds is 4. The lowest BCUT2D eigenvalue weighted by Gasteiger charge is -2.23. The highest BCUT2D eigenvalue weighted by atomic mass is 19.1. The molecular formula is C17H25F2N3. The van der Waals surface area contributed by atoms with Crippen LogP contribution in [0.15, 0.2) is 23.2 Å². The maximum Gasteiger partial charge on any atom is 0.193 e. The fourth-order valence-corrected chi connectivity index (χ4v) is 2.77. The van der Waals surface area contributed by atoms with E-state index in [-0.39, 0.29) is 0 Å². The second-order valence-corrected chi connectivity index (χ2v) is 6.60. The highest BCUT2D eigenvalue weighted by Crippen LogP contribution is 2.28. The summed E-state index contributed by atoms with van der Waals surface area (Å²) in [5, 5.41) is 3.30. The van der Waals surface area contributed by atoms with Gasteiger partial charge in [0.1, 0.15) is 11.6 Å². The zero-order valence-electron chi connectivity index (χ0n) is 13.6. The van der Waals surface area contributed by atoms with Crippen LogP contribution in [0.25, 0.3) is 0 Å². The quantitative estimate of drug-likeness (QED) is 0.683. The Hall–Kier alpha value is -1.65. The van der Waals surface area contributed by atoms with Gasteiger partial charge in [0.2, 0.25) is 0 Å². The summed E-state index contributed by atoms with van der Waals surface area (Å²) in [6.45, 7) is 9.85. The monoisotopic (exact) mass is 309 g/mol. The number of halogens is 2. The summed E-state index contributed by atoms with van der Waals surface area (Å²) in [6, 6.07) is 3.62. The minimum absolute atomic E-state index is 0.307. The number of hydrogen-bond acceptors (Lipinski definition) is 1. The number of benzene rings is 1. The van der Waals surface area contributed by atoms with Crippen LogP contribution in [0, 0.1) is 17.0 Å². The predicted octanol–water partition coefficient (Wildman–Crippen LogP) is 3.20. The lowest BCUT2D eigenvalue weighted by atomic mass is 9.93. The van der Waals surface area contributed by atoms with Crippen molar-refractivity contribution < 1.29 is 8.78 Å². The maximum absolute atomic E-state index is 13.2. The molecule has 0 amide bonds. The number of hydrogen-bond donors (Lipinski definition) is 1. The van der Waals surface area contributed by atoms with Crippen molar-refractivity contribution in [3.05, 3.63) is 35.4 Å². The molecule has 0 bridgehead atoms. The summed E-state index contributed by atoms with van der Waals surface area (Å²) in [5.74, 6) is -0.177. The van der Waals surface area contributed by atoms with Crippen LogP contribution in [0.1, 0.15) is 32.8 Å². The van der Waals surface area contributed by atoms with Gasteiger partial charge in [0, 0.05) is 32.2 Å². The lowest BCUT2D eigenvalue weighted by molar-refractivity contribution is 0.370. The van der Waals surface area contributed by atoms with E-state index in [1.54, 1.807) is 0 Å². The first-order valence-electron chi connectivity index (χ1n) is 7.88. The summed E-state index contributed by atoms with van der Waals surface area (Å²) in [4.78, 5) is 6.86. The zero-order valence-corrected chi connectivity index (χ0v) is 13.6. The standard InChI is InChI=1S/C17H25F2N3/c1-4-20-16(22-8-6-17(2,3)12-22)21-7-5-13-9-14(18)11-15(19)10-13/h9-11H,4-8,12H2,1-3H3,(H,20,21). The number of guanidine groups is 1. The van der Waals surface area contributed by atoms with E-state index in [0.717, 1.165) is 38.1 Å². The smallest absolute Gasteiger partial charge is 0.193 e. The predicted molar refractivity (Wildman–Crippen MR) is 86.0 cm³/mol. The molecule has 1 aliphatic rings. The molecule has 1 saturated heterocycles. The molecule has 0 aromatic heterocycles. The van der Waals surface area contributed by atoms with Crippen LogP contribution in [0.3, 0.4) is 0 Å². The van der Waals surface area contributed by atoms with Gasteiger partial charge in [-0.15, -0.1) is 0 Å². The molecule has 2 rings (SSSR count). The van der Waals surface area contributed by atoms with E-state index < -0.39 is 11.6 Å². The average molecular weight is 309 g/mol. The largest absolute Gasteiger partial charge is 0.357 e. The van der Waals surface area contributed by atoms with E-state index in [0.29, 0.717) is 23.9 Å². The lowest BCUT2D eigenvalue weighted by Crippen LogP contribution is -2.40. The van der Waals surface area contributed by atoms with Gasteiger partial charge in [-0.05, 0) is 42.9 Å². The topological polar surface area (TPSA) is 27.6 Å². The Balaban J connectivity index is 1.98. The van der Waals surface area contributed by atoms with Crippen LogP contribution in [0.5, 0.6) is 0 Å². The van der Waals surface area contributed by atoms with Crippen molar-refractivity contribution in [2.45, 2.75) is 33.6 Å². The number of likely N-dealkylation sites (tertiary alicyclic amines) is 1. The first kappa shape index (κ1) is 16.7. The normalized spacial score (nSPS) is 17.9. The van der Waals surface area contributed by atoms with Crippen LogP contribution >= 0.6 is 0 Å². The molecule has 0 unspecified atom stereocenters. The molecule has 3 nitrogen and oxygen atoms in total. The molecule has 0 spiro atoms. The highest BCUT2D eigenvalue weighted by molar-refractivity contribution is 5.80. The van der Waals surface area contributed by atoms with E-state index in [1.165, 1.54) is 12.1 Å². The van der Waals surface area contributed by atoms with Crippen molar-refractivity contribution in [3.63, 3.8) is 0 Å². The first-order valence-corrected chi connectivity index (χ1v) is 7.88. The Labute approximate surface area is 131 Å². The summed E-state index contributed by atoms with van der Waals surface area (Å²) < 4.78 is 26.3. The zero-order chi connectivity index (χ0) is 16.2. The van der Waals surface area contributed by atoms with Crippen LogP contribution < -0.4 is 5.32 Å². The van der Waals surface area contributed by atoms with Crippen LogP contribution in [0.4, 0.5) is 8.78 Å². The molecule has 0 saturated carbocycles. The molecule has 1 fully saturated rings. The minimum atomic E-state index is -0.535. The van der Waals surface area contributed by atoms with Gasteiger partial charge in [-0.2, -0.15) is 0 Å². The third kappa shape index (κ3) is 4.68. The van der Waals surface area contributed by atoms with Crippen molar-refractivity contribution in [2.75, 3.05) is 26.2 Å². The molecule has 1 aliphatic heterocycles. The Morgan fingerprint density at radius 3 is 2.50 bits per heavy atom. The molecule has 1 N–H and O–H groups in total. The van der Waals surface area contributed by atoms with Crippen LogP contribution in [0.2, 0.25) is 0 Å². The fraction of sp³-hybridized carbons (Fsp3) is 0.588. The summed E-state index contributed by atoms with van der Waals surface area (Å²) in [6.07, 6.45) is 1.67. The van der Waals surface area contributed by atoms with Gasteiger partial charge in [-0.3, -0.25) is 4.99 Å². The Kier molecular flexibility index (Phi) is 5.37. The molecule has 122 valence electrons. The van der Waals surface area contributed by atoms with Gasteiger partial charge in [0.05, 0.1) is 0 Å². The summed E-state index contributed by atoms with van der Waals surface area (Å²) in [7, 11) is 0. The molecular weight excluding hydrogens is 284 g/mol. The second kappa shape index (κ2) is 7.07. The van der Waals surface area contributed by atoms with Gasteiger partial charge >= 0.3 is 0 Å². The molecule has 22 heavy (non-hydrogen) atoms. The molecule has 1 aromatic rings. The maximum atomic E-state index is 13.2. The fourth-order valence-electron chi connectivity index (χ4n) is 2.77. The van der Waals surface area contributed by atoms with Gasteiger partial charge < -0.3 is 10.2 Å². The van der Waals surface area contributed by atoms with Crippen molar-refractivity contribution in [2.24, 2.45) is 10.4 Å². The molecule has 0 aliphatic carbocycles. The third-order valence-corrected chi connectivity index (χ3v) is 3.90. The Bertz CT molecular complexity index is 520. The molecule has 0 radical (unpaired) electrons. The van der Waals surface area contributed by atoms with Gasteiger partial charge in [0.15, 0.2) is 5.96 Å². The number of nitrogens with zero attached hydrogens (tertiary/aromatic N) is 2. The SMILES string of the molecule is CCNC(=NCCc1cc(F)cc(F)c1)N1CCC(C)(C)C1. The first-order chi connectivity index (χ1) is 10.4. The van der Waals surface area contributed by atoms with Crippen molar-refractivity contribution in [1.29, 1.82) is 0 Å². The third-order valence-electron chi connectivity index (χ3n) is 3.90. The van der Waals surface area contributed by atoms with Gasteiger partial charge in [-0.1, -0.05) is 13.8 Å². The van der Waals surface area contributed by atoms with E-state index in [9.17, 15) is 8.78 Å². The minimum Gasteiger partial charge on any atom is -0.357 e. The van der Waals surface area contributed by atoms with Gasteiger partial charge in [-0.25, -0.2) is 8.78 Å². The van der Waals surface area contributed by atoms with E-state index in [1.807, 2.05) is 6.92 Å². The number of aliphatic imine (C=N–C) groups is 1. The Morgan fingerprint density at radius 2 is 1.95 bits per heavy atom. The van der Waals surface area contributed by atoms with E-state index in [4.69, 9.17) is 0 Å². The second-order valence-electron chi connectivity index (χ2n) is 6.60. The molecule has 1 heterocycles. The van der Waals surface area contributed by atoms with Crippen molar-refractivity contribution in [3.8, 4) is 0 Å². The van der Waals surface area contributed by atoms with Crippen molar-refractivity contribution in [1.82, 2.24) is 10.2 Å². The Morgan fingerprint density at radius 1 is 1.27 bits per heavy atom. The van der Waals surface area contributed by atoms with E-state index in [2.05, 4.69) is 29.1 Å². The van der Waals surface area contributed by atoms with Crippen molar-refractivity contribution >= 4 is 5.96 Å². The molecule has 0 atom stereocenters. The highest BCUT2D eigenvalue weighted by Gasteiger charge is 2.30. The molecule has 5 heteroatoms. The summed E-state index contributed by atoms with van der Waals surface area (Å²) >= 11 is 0. The average Bonchev–Trinajstić information content (AvgIpc) is 2.77. The van der Waals surface area contributed by atoms with Crippen LogP contribution in [-0.4, -0.2) is 37.0 Å². The van der Waals surface area contributed by atoms with Gasteiger partial charge in [0.25, 0.3) is 0 Å². The number of nitrogens with one attached hydrogen (secondary N) is 1.